The quantitative estimate of drug-likeness (QED) is 0.679. The first kappa shape index (κ1) is 13.6. The molecule has 1 aliphatic rings. The molecule has 1 amide bonds. The Hall–Kier alpha value is -1.79. The number of phenols is 2. The lowest BCUT2D eigenvalue weighted by Crippen LogP contribution is -2.45. The molecule has 0 bridgehead atoms. The Kier molecular flexibility index (Phi) is 4.24. The normalized spacial score (nSPS) is 20.2. The van der Waals surface area contributed by atoms with E-state index in [1.807, 2.05) is 7.05 Å². The van der Waals surface area contributed by atoms with Crippen molar-refractivity contribution in [2.24, 2.45) is 0 Å². The first-order valence-electron chi connectivity index (χ1n) is 6.16. The van der Waals surface area contributed by atoms with E-state index in [9.17, 15) is 15.0 Å². The fourth-order valence-corrected chi connectivity index (χ4v) is 1.96. The van der Waals surface area contributed by atoms with Crippen LogP contribution in [0.15, 0.2) is 18.2 Å². The molecule has 1 aromatic carbocycles. The lowest BCUT2D eigenvalue weighted by molar-refractivity contribution is -0.0175. The van der Waals surface area contributed by atoms with Gasteiger partial charge in [-0.05, 0) is 25.2 Å². The van der Waals surface area contributed by atoms with Crippen molar-refractivity contribution >= 4 is 5.91 Å². The molecule has 1 atom stereocenters. The maximum absolute atomic E-state index is 11.9. The lowest BCUT2D eigenvalue weighted by atomic mass is 10.2. The van der Waals surface area contributed by atoms with Crippen molar-refractivity contribution in [3.05, 3.63) is 23.8 Å². The molecule has 0 aliphatic carbocycles. The van der Waals surface area contributed by atoms with Crippen molar-refractivity contribution in [3.63, 3.8) is 0 Å². The Labute approximate surface area is 111 Å². The molecule has 104 valence electrons. The van der Waals surface area contributed by atoms with Crippen LogP contribution in [0.4, 0.5) is 0 Å². The van der Waals surface area contributed by atoms with Gasteiger partial charge in [-0.1, -0.05) is 0 Å². The molecule has 6 nitrogen and oxygen atoms in total. The summed E-state index contributed by atoms with van der Waals surface area (Å²) >= 11 is 0. The Balaban J connectivity index is 1.88. The summed E-state index contributed by atoms with van der Waals surface area (Å²) in [7, 11) is 2.01. The van der Waals surface area contributed by atoms with Gasteiger partial charge in [0.25, 0.3) is 5.91 Å². The van der Waals surface area contributed by atoms with Crippen molar-refractivity contribution in [3.8, 4) is 11.5 Å². The van der Waals surface area contributed by atoms with Crippen LogP contribution in [0, 0.1) is 0 Å². The first-order valence-corrected chi connectivity index (χ1v) is 6.16. The van der Waals surface area contributed by atoms with E-state index in [-0.39, 0.29) is 23.5 Å². The molecule has 1 saturated heterocycles. The number of ether oxygens (including phenoxy) is 1. The number of rotatable bonds is 3. The minimum atomic E-state index is -0.304. The zero-order chi connectivity index (χ0) is 13.8. The van der Waals surface area contributed by atoms with Crippen LogP contribution < -0.4 is 5.32 Å². The highest BCUT2D eigenvalue weighted by Crippen LogP contribution is 2.24. The highest BCUT2D eigenvalue weighted by atomic mass is 16.5. The van der Waals surface area contributed by atoms with Crippen molar-refractivity contribution < 1.29 is 19.7 Å². The molecule has 6 heteroatoms. The monoisotopic (exact) mass is 266 g/mol. The van der Waals surface area contributed by atoms with Gasteiger partial charge in [-0.15, -0.1) is 0 Å². The molecule has 19 heavy (non-hydrogen) atoms. The van der Waals surface area contributed by atoms with Crippen molar-refractivity contribution in [2.75, 3.05) is 33.3 Å². The van der Waals surface area contributed by atoms with Crippen LogP contribution in [0.3, 0.4) is 0 Å². The number of benzene rings is 1. The second-order valence-electron chi connectivity index (χ2n) is 4.67. The molecule has 3 N–H and O–H groups in total. The van der Waals surface area contributed by atoms with Crippen LogP contribution in [0.1, 0.15) is 10.4 Å². The molecule has 1 fully saturated rings. The smallest absolute Gasteiger partial charge is 0.251 e. The predicted molar refractivity (Wildman–Crippen MR) is 69.3 cm³/mol. The number of carbonyl (C=O) groups is 1. The van der Waals surface area contributed by atoms with Crippen LogP contribution in [0.25, 0.3) is 0 Å². The molecule has 1 unspecified atom stereocenters. The third-order valence-corrected chi connectivity index (χ3v) is 3.07. The van der Waals surface area contributed by atoms with Crippen LogP contribution in [0.5, 0.6) is 11.5 Å². The molecule has 0 saturated carbocycles. The van der Waals surface area contributed by atoms with Gasteiger partial charge in [0, 0.05) is 25.2 Å². The summed E-state index contributed by atoms with van der Waals surface area (Å²) in [6.07, 6.45) is -0.0200. The summed E-state index contributed by atoms with van der Waals surface area (Å²) < 4.78 is 5.53. The van der Waals surface area contributed by atoms with Gasteiger partial charge >= 0.3 is 0 Å². The van der Waals surface area contributed by atoms with Gasteiger partial charge in [-0.2, -0.15) is 0 Å². The fraction of sp³-hybridized carbons (Fsp3) is 0.462. The van der Waals surface area contributed by atoms with Crippen LogP contribution in [-0.2, 0) is 4.74 Å². The molecule has 0 aromatic heterocycles. The molecular weight excluding hydrogens is 248 g/mol. The van der Waals surface area contributed by atoms with E-state index in [0.717, 1.165) is 13.1 Å². The number of likely N-dealkylation sites (N-methyl/N-ethyl adjacent to an activating group) is 1. The van der Waals surface area contributed by atoms with Gasteiger partial charge in [0.05, 0.1) is 12.7 Å². The van der Waals surface area contributed by atoms with Gasteiger partial charge in [0.15, 0.2) is 11.5 Å². The summed E-state index contributed by atoms with van der Waals surface area (Å²) in [5.74, 6) is -0.845. The standard InChI is InChI=1S/C13H18N2O4/c1-15-4-5-19-10(8-15)7-14-13(18)9-2-3-11(16)12(17)6-9/h2-3,6,10,16-17H,4-5,7-8H2,1H3,(H,14,18). The number of morpholine rings is 1. The van der Waals surface area contributed by atoms with E-state index in [2.05, 4.69) is 10.2 Å². The second-order valence-corrected chi connectivity index (χ2v) is 4.67. The van der Waals surface area contributed by atoms with Crippen LogP contribution >= 0.6 is 0 Å². The number of hydrogen-bond acceptors (Lipinski definition) is 5. The van der Waals surface area contributed by atoms with E-state index >= 15 is 0 Å². The van der Waals surface area contributed by atoms with E-state index in [1.54, 1.807) is 0 Å². The zero-order valence-electron chi connectivity index (χ0n) is 10.8. The van der Waals surface area contributed by atoms with Gasteiger partial charge in [-0.3, -0.25) is 4.79 Å². The van der Waals surface area contributed by atoms with Crippen LogP contribution in [0.2, 0.25) is 0 Å². The van der Waals surface area contributed by atoms with Gasteiger partial charge < -0.3 is 25.2 Å². The highest BCUT2D eigenvalue weighted by molar-refractivity contribution is 5.94. The van der Waals surface area contributed by atoms with Gasteiger partial charge in [0.2, 0.25) is 0 Å². The largest absolute Gasteiger partial charge is 0.504 e. The third-order valence-electron chi connectivity index (χ3n) is 3.07. The SMILES string of the molecule is CN1CCOC(CNC(=O)c2ccc(O)c(O)c2)C1. The highest BCUT2D eigenvalue weighted by Gasteiger charge is 2.18. The van der Waals surface area contributed by atoms with E-state index in [1.165, 1.54) is 18.2 Å². The predicted octanol–water partition coefficient (Wildman–Crippen LogP) is 0.158. The number of amides is 1. The zero-order valence-corrected chi connectivity index (χ0v) is 10.8. The third kappa shape index (κ3) is 3.59. The van der Waals surface area contributed by atoms with E-state index < -0.39 is 0 Å². The van der Waals surface area contributed by atoms with Gasteiger partial charge in [0.1, 0.15) is 0 Å². The molecule has 1 aliphatic heterocycles. The summed E-state index contributed by atoms with van der Waals surface area (Å²) in [6, 6.07) is 3.98. The maximum Gasteiger partial charge on any atom is 0.251 e. The molecule has 1 heterocycles. The van der Waals surface area contributed by atoms with Crippen LogP contribution in [-0.4, -0.2) is 60.4 Å². The Morgan fingerprint density at radius 1 is 1.47 bits per heavy atom. The summed E-state index contributed by atoms with van der Waals surface area (Å²) in [5.41, 5.74) is 0.305. The average Bonchev–Trinajstić information content (AvgIpc) is 2.39. The summed E-state index contributed by atoms with van der Waals surface area (Å²) in [5, 5.41) is 21.3. The molecular formula is C13H18N2O4. The van der Waals surface area contributed by atoms with Gasteiger partial charge in [-0.25, -0.2) is 0 Å². The average molecular weight is 266 g/mol. The Morgan fingerprint density at radius 2 is 2.26 bits per heavy atom. The molecule has 0 spiro atoms. The van der Waals surface area contributed by atoms with Crippen molar-refractivity contribution in [1.82, 2.24) is 10.2 Å². The number of phenolic OH excluding ortho intramolecular Hbond substituents is 2. The number of aromatic hydroxyl groups is 2. The maximum atomic E-state index is 11.9. The Morgan fingerprint density at radius 3 is 2.95 bits per heavy atom. The lowest BCUT2D eigenvalue weighted by Gasteiger charge is -2.30. The first-order chi connectivity index (χ1) is 9.06. The number of hydrogen-bond donors (Lipinski definition) is 3. The minimum absolute atomic E-state index is 0.0200. The number of nitrogens with zero attached hydrogens (tertiary/aromatic N) is 1. The fourth-order valence-electron chi connectivity index (χ4n) is 1.96. The van der Waals surface area contributed by atoms with Crippen molar-refractivity contribution in [2.45, 2.75) is 6.10 Å². The van der Waals surface area contributed by atoms with Crippen molar-refractivity contribution in [1.29, 1.82) is 0 Å². The second kappa shape index (κ2) is 5.90. The Bertz CT molecular complexity index is 464. The molecule has 1 aromatic rings. The van der Waals surface area contributed by atoms with E-state index in [0.29, 0.717) is 18.7 Å². The number of nitrogens with one attached hydrogen (secondary N) is 1. The minimum Gasteiger partial charge on any atom is -0.504 e. The molecule has 0 radical (unpaired) electrons. The van der Waals surface area contributed by atoms with E-state index in [4.69, 9.17) is 4.74 Å². The molecule has 2 rings (SSSR count). The summed E-state index contributed by atoms with van der Waals surface area (Å²) in [4.78, 5) is 14.0. The number of carbonyl (C=O) groups excluding carboxylic acids is 1. The topological polar surface area (TPSA) is 82.0 Å². The summed E-state index contributed by atoms with van der Waals surface area (Å²) in [6.45, 7) is 2.76.